The standard InChI is InChI=1S/C18H15BrF4/c1-2-15(19)16-11-7-3-5-9-13(11)17(20,21)18(22,23)14-10-6-4-8-12(14)16/h3-10,15-16H,2H2,1H3. The Morgan fingerprint density at radius 3 is 1.65 bits per heavy atom. The van der Waals surface area contributed by atoms with Crippen LogP contribution in [0.1, 0.15) is 41.5 Å². The average molecular weight is 387 g/mol. The second-order valence-corrected chi connectivity index (χ2v) is 6.90. The van der Waals surface area contributed by atoms with Crippen LogP contribution in [-0.4, -0.2) is 4.83 Å². The zero-order chi connectivity index (χ0) is 16.8. The van der Waals surface area contributed by atoms with Crippen molar-refractivity contribution in [1.82, 2.24) is 0 Å². The highest BCUT2D eigenvalue weighted by molar-refractivity contribution is 9.09. The number of hydrogen-bond acceptors (Lipinski definition) is 0. The fourth-order valence-corrected chi connectivity index (χ4v) is 3.81. The van der Waals surface area contributed by atoms with Gasteiger partial charge in [0.15, 0.2) is 0 Å². The third kappa shape index (κ3) is 2.32. The largest absolute Gasteiger partial charge is 0.340 e. The molecule has 0 saturated carbocycles. The quantitative estimate of drug-likeness (QED) is 0.426. The fraction of sp³-hybridized carbons (Fsp3) is 0.333. The van der Waals surface area contributed by atoms with Gasteiger partial charge in [0, 0.05) is 21.9 Å². The van der Waals surface area contributed by atoms with Gasteiger partial charge in [-0.15, -0.1) is 0 Å². The van der Waals surface area contributed by atoms with E-state index in [1.165, 1.54) is 24.3 Å². The van der Waals surface area contributed by atoms with Crippen LogP contribution in [0.15, 0.2) is 48.5 Å². The molecule has 0 N–H and O–H groups in total. The monoisotopic (exact) mass is 386 g/mol. The van der Waals surface area contributed by atoms with Gasteiger partial charge in [-0.1, -0.05) is 71.4 Å². The summed E-state index contributed by atoms with van der Waals surface area (Å²) in [4.78, 5) is -0.213. The summed E-state index contributed by atoms with van der Waals surface area (Å²) in [5, 5.41) is 0. The first-order chi connectivity index (χ1) is 10.8. The predicted octanol–water partition coefficient (Wildman–Crippen LogP) is 6.19. The minimum atomic E-state index is -4.26. The van der Waals surface area contributed by atoms with Crippen LogP contribution in [0, 0.1) is 0 Å². The summed E-state index contributed by atoms with van der Waals surface area (Å²) in [7, 11) is 0. The van der Waals surface area contributed by atoms with Gasteiger partial charge in [0.2, 0.25) is 0 Å². The maximum absolute atomic E-state index is 14.7. The van der Waals surface area contributed by atoms with Crippen LogP contribution in [0.3, 0.4) is 0 Å². The second-order valence-electron chi connectivity index (χ2n) is 5.73. The molecule has 0 nitrogen and oxygen atoms in total. The molecule has 23 heavy (non-hydrogen) atoms. The molecule has 0 bridgehead atoms. The van der Waals surface area contributed by atoms with Crippen molar-refractivity contribution in [1.29, 1.82) is 0 Å². The molecule has 1 atom stereocenters. The number of alkyl halides is 5. The van der Waals surface area contributed by atoms with Crippen molar-refractivity contribution in [2.45, 2.75) is 35.9 Å². The Morgan fingerprint density at radius 1 is 0.870 bits per heavy atom. The fourth-order valence-electron chi connectivity index (χ4n) is 3.24. The Labute approximate surface area is 140 Å². The molecule has 0 fully saturated rings. The third-order valence-electron chi connectivity index (χ3n) is 4.41. The van der Waals surface area contributed by atoms with E-state index in [2.05, 4.69) is 15.9 Å². The molecule has 2 aromatic carbocycles. The summed E-state index contributed by atoms with van der Waals surface area (Å²) < 4.78 is 58.8. The number of rotatable bonds is 2. The molecule has 0 amide bonds. The van der Waals surface area contributed by atoms with Crippen molar-refractivity contribution >= 4 is 15.9 Å². The average Bonchev–Trinajstić information content (AvgIpc) is 2.60. The molecule has 0 spiro atoms. The van der Waals surface area contributed by atoms with E-state index in [1.54, 1.807) is 12.1 Å². The predicted molar refractivity (Wildman–Crippen MR) is 85.5 cm³/mol. The molecule has 1 unspecified atom stereocenters. The Bertz CT molecular complexity index is 669. The first-order valence-electron chi connectivity index (χ1n) is 7.40. The summed E-state index contributed by atoms with van der Waals surface area (Å²) in [5.74, 6) is -9.06. The lowest BCUT2D eigenvalue weighted by Crippen LogP contribution is -2.35. The van der Waals surface area contributed by atoms with E-state index in [9.17, 15) is 17.6 Å². The van der Waals surface area contributed by atoms with Gasteiger partial charge in [-0.2, -0.15) is 17.6 Å². The van der Waals surface area contributed by atoms with Crippen LogP contribution in [0.2, 0.25) is 0 Å². The molecule has 1 aliphatic carbocycles. The molecule has 2 aromatic rings. The first kappa shape index (κ1) is 16.5. The van der Waals surface area contributed by atoms with E-state index in [0.29, 0.717) is 6.42 Å². The Kier molecular flexibility index (Phi) is 4.03. The lowest BCUT2D eigenvalue weighted by molar-refractivity contribution is -0.223. The van der Waals surface area contributed by atoms with Crippen LogP contribution in [0.5, 0.6) is 0 Å². The van der Waals surface area contributed by atoms with Crippen molar-refractivity contribution in [3.05, 3.63) is 70.8 Å². The Balaban J connectivity index is 2.41. The first-order valence-corrected chi connectivity index (χ1v) is 8.32. The molecule has 122 valence electrons. The van der Waals surface area contributed by atoms with Crippen LogP contribution in [-0.2, 0) is 11.8 Å². The van der Waals surface area contributed by atoms with E-state index >= 15 is 0 Å². The lowest BCUT2D eigenvalue weighted by Gasteiger charge is -2.26. The van der Waals surface area contributed by atoms with Gasteiger partial charge in [0.25, 0.3) is 0 Å². The van der Waals surface area contributed by atoms with Gasteiger partial charge in [-0.25, -0.2) is 0 Å². The van der Waals surface area contributed by atoms with Crippen LogP contribution in [0.25, 0.3) is 0 Å². The summed E-state index contributed by atoms with van der Waals surface area (Å²) in [6.07, 6.45) is 0.629. The molecule has 0 heterocycles. The van der Waals surface area contributed by atoms with Gasteiger partial charge < -0.3 is 0 Å². The maximum atomic E-state index is 14.7. The van der Waals surface area contributed by atoms with Gasteiger partial charge >= 0.3 is 11.8 Å². The highest BCUT2D eigenvalue weighted by Gasteiger charge is 2.62. The minimum Gasteiger partial charge on any atom is -0.194 e. The highest BCUT2D eigenvalue weighted by atomic mass is 79.9. The molecule has 0 radical (unpaired) electrons. The zero-order valence-corrected chi connectivity index (χ0v) is 14.0. The molecule has 5 heteroatoms. The number of benzene rings is 2. The van der Waals surface area contributed by atoms with Gasteiger partial charge in [-0.05, 0) is 17.5 Å². The van der Waals surface area contributed by atoms with Crippen molar-refractivity contribution in [3.8, 4) is 0 Å². The molecule has 0 aliphatic heterocycles. The van der Waals surface area contributed by atoms with Crippen molar-refractivity contribution in [2.24, 2.45) is 0 Å². The van der Waals surface area contributed by atoms with Crippen LogP contribution >= 0.6 is 15.9 Å². The van der Waals surface area contributed by atoms with Crippen LogP contribution < -0.4 is 0 Å². The van der Waals surface area contributed by atoms with Gasteiger partial charge in [-0.3, -0.25) is 0 Å². The molecule has 0 aromatic heterocycles. The summed E-state index contributed by atoms with van der Waals surface area (Å²) >= 11 is 3.50. The molecule has 0 saturated heterocycles. The normalized spacial score (nSPS) is 20.3. The van der Waals surface area contributed by atoms with Crippen molar-refractivity contribution in [2.75, 3.05) is 0 Å². The maximum Gasteiger partial charge on any atom is 0.340 e. The minimum absolute atomic E-state index is 0.213. The SMILES string of the molecule is CCC(Br)C1c2ccccc2C(F)(F)C(F)(F)c2ccccc21. The Morgan fingerprint density at radius 2 is 1.26 bits per heavy atom. The van der Waals surface area contributed by atoms with Crippen molar-refractivity contribution in [3.63, 3.8) is 0 Å². The van der Waals surface area contributed by atoms with Crippen LogP contribution in [0.4, 0.5) is 17.6 Å². The molecule has 1 aliphatic rings. The Hall–Kier alpha value is -1.36. The highest BCUT2D eigenvalue weighted by Crippen LogP contribution is 2.57. The van der Waals surface area contributed by atoms with E-state index in [4.69, 9.17) is 0 Å². The molecular weight excluding hydrogens is 372 g/mol. The summed E-state index contributed by atoms with van der Waals surface area (Å²) in [6, 6.07) is 11.3. The molecular formula is C18H15BrF4. The van der Waals surface area contributed by atoms with E-state index in [0.717, 1.165) is 12.1 Å². The number of fused-ring (bicyclic) bond motifs is 2. The number of hydrogen-bond donors (Lipinski definition) is 0. The summed E-state index contributed by atoms with van der Waals surface area (Å²) in [5.41, 5.74) is -0.676. The van der Waals surface area contributed by atoms with Gasteiger partial charge in [0.1, 0.15) is 0 Å². The number of halogens is 5. The summed E-state index contributed by atoms with van der Waals surface area (Å²) in [6.45, 7) is 1.89. The molecule has 3 rings (SSSR count). The second kappa shape index (κ2) is 5.62. The third-order valence-corrected chi connectivity index (χ3v) is 5.59. The van der Waals surface area contributed by atoms with E-state index < -0.39 is 28.9 Å². The lowest BCUT2D eigenvalue weighted by atomic mass is 9.84. The zero-order valence-electron chi connectivity index (χ0n) is 12.4. The smallest absolute Gasteiger partial charge is 0.194 e. The van der Waals surface area contributed by atoms with E-state index in [1.807, 2.05) is 6.92 Å². The van der Waals surface area contributed by atoms with Gasteiger partial charge in [0.05, 0.1) is 0 Å². The van der Waals surface area contributed by atoms with E-state index in [-0.39, 0.29) is 16.0 Å². The topological polar surface area (TPSA) is 0 Å². The van der Waals surface area contributed by atoms with Crippen molar-refractivity contribution < 1.29 is 17.6 Å².